The van der Waals surface area contributed by atoms with Crippen LogP contribution in [-0.4, -0.2) is 36.2 Å². The van der Waals surface area contributed by atoms with Crippen LogP contribution in [0, 0.1) is 0 Å². The number of anilines is 1. The quantitative estimate of drug-likeness (QED) is 0.249. The maximum atomic E-state index is 11.9. The number of fused-ring (bicyclic) bond motifs is 6. The lowest BCUT2D eigenvalue weighted by Gasteiger charge is -2.39. The number of hydrogen-bond acceptors (Lipinski definition) is 5. The third-order valence-corrected chi connectivity index (χ3v) is 7.77. The summed E-state index contributed by atoms with van der Waals surface area (Å²) in [6.45, 7) is 7.84. The molecule has 0 amide bonds. The predicted molar refractivity (Wildman–Crippen MR) is 143 cm³/mol. The Bertz CT molecular complexity index is 1530. The van der Waals surface area contributed by atoms with Crippen molar-refractivity contribution in [1.82, 2.24) is 4.57 Å². The number of aromatic nitrogens is 1. The Balaban J connectivity index is 1.38. The molecule has 1 fully saturated rings. The van der Waals surface area contributed by atoms with Crippen LogP contribution >= 0.6 is 0 Å². The molecule has 0 spiro atoms. The number of carbonyl (C=O) groups is 1. The molecule has 1 saturated heterocycles. The van der Waals surface area contributed by atoms with Gasteiger partial charge in [-0.15, -0.1) is 0 Å². The molecule has 6 heteroatoms. The third kappa shape index (κ3) is 3.17. The van der Waals surface area contributed by atoms with Crippen molar-refractivity contribution in [1.29, 1.82) is 0 Å². The molecule has 6 nitrogen and oxygen atoms in total. The standard InChI is InChI=1S/C30H30N2O4/c1-5-34-28(33)36-21-11-13-27-24(19-21)29(2,3)30(32(27)16-17-35-30)15-14-20-10-12-26-23(18-20)22-8-6-7-9-25(22)31(26)4/h6-15,18-19H,5,16-17H2,1-4H3. The number of aryl methyl sites for hydroxylation is 1. The van der Waals surface area contributed by atoms with E-state index in [1.54, 1.807) is 6.92 Å². The maximum Gasteiger partial charge on any atom is 0.513 e. The van der Waals surface area contributed by atoms with Crippen LogP contribution in [-0.2, 0) is 21.9 Å². The van der Waals surface area contributed by atoms with E-state index in [4.69, 9.17) is 14.2 Å². The monoisotopic (exact) mass is 482 g/mol. The first-order valence-electron chi connectivity index (χ1n) is 12.4. The SMILES string of the molecule is CCOC(=O)Oc1ccc2c(c1)C(C)(C)C1(C=Cc3ccc4c(c3)c3ccccc3n4C)OCCN21. The summed E-state index contributed by atoms with van der Waals surface area (Å²) >= 11 is 0. The fourth-order valence-electron chi connectivity index (χ4n) is 5.95. The average Bonchev–Trinajstić information content (AvgIpc) is 3.48. The van der Waals surface area contributed by atoms with E-state index >= 15 is 0 Å². The summed E-state index contributed by atoms with van der Waals surface area (Å²) in [5, 5.41) is 2.50. The van der Waals surface area contributed by atoms with Gasteiger partial charge in [-0.25, -0.2) is 4.79 Å². The van der Waals surface area contributed by atoms with Crippen LogP contribution < -0.4 is 9.64 Å². The second-order valence-electron chi connectivity index (χ2n) is 9.97. The Morgan fingerprint density at radius 2 is 1.86 bits per heavy atom. The molecule has 6 rings (SSSR count). The molecule has 0 saturated carbocycles. The molecule has 1 unspecified atom stereocenters. The van der Waals surface area contributed by atoms with Gasteiger partial charge in [-0.2, -0.15) is 0 Å². The lowest BCUT2D eigenvalue weighted by molar-refractivity contribution is 0.000304. The predicted octanol–water partition coefficient (Wildman–Crippen LogP) is 6.40. The number of nitrogens with zero attached hydrogens (tertiary/aromatic N) is 2. The number of carbonyl (C=O) groups excluding carboxylic acids is 1. The zero-order valence-electron chi connectivity index (χ0n) is 21.1. The highest BCUT2D eigenvalue weighted by molar-refractivity contribution is 6.08. The zero-order chi connectivity index (χ0) is 25.1. The van der Waals surface area contributed by atoms with Crippen LogP contribution in [0.4, 0.5) is 10.5 Å². The zero-order valence-corrected chi connectivity index (χ0v) is 21.1. The number of benzene rings is 3. The molecule has 184 valence electrons. The van der Waals surface area contributed by atoms with Crippen LogP contribution in [0.2, 0.25) is 0 Å². The van der Waals surface area contributed by atoms with E-state index in [2.05, 4.69) is 85.0 Å². The Morgan fingerprint density at radius 3 is 2.69 bits per heavy atom. The summed E-state index contributed by atoms with van der Waals surface area (Å²) in [6.07, 6.45) is 3.67. The molecular formula is C30H30N2O4. The molecule has 0 N–H and O–H groups in total. The molecule has 1 aromatic heterocycles. The summed E-state index contributed by atoms with van der Waals surface area (Å²) in [7, 11) is 2.11. The summed E-state index contributed by atoms with van der Waals surface area (Å²) in [4.78, 5) is 14.2. The van der Waals surface area contributed by atoms with Gasteiger partial charge in [0.05, 0.1) is 13.2 Å². The van der Waals surface area contributed by atoms with Gasteiger partial charge in [-0.05, 0) is 60.5 Å². The van der Waals surface area contributed by atoms with Crippen LogP contribution in [0.5, 0.6) is 5.75 Å². The number of ether oxygens (including phenoxy) is 3. The Kier molecular flexibility index (Phi) is 5.12. The van der Waals surface area contributed by atoms with Gasteiger partial charge in [-0.3, -0.25) is 0 Å². The molecule has 36 heavy (non-hydrogen) atoms. The normalized spacial score (nSPS) is 20.3. The number of hydrogen-bond donors (Lipinski definition) is 0. The summed E-state index contributed by atoms with van der Waals surface area (Å²) in [5.41, 5.74) is 4.74. The van der Waals surface area contributed by atoms with Crippen molar-refractivity contribution >= 4 is 39.7 Å². The van der Waals surface area contributed by atoms with Crippen LogP contribution in [0.15, 0.2) is 66.7 Å². The molecular weight excluding hydrogens is 452 g/mol. The van der Waals surface area contributed by atoms with Gasteiger partial charge in [0, 0.05) is 46.5 Å². The van der Waals surface area contributed by atoms with Crippen LogP contribution in [0.25, 0.3) is 27.9 Å². The molecule has 3 heterocycles. The molecule has 2 aliphatic heterocycles. The van der Waals surface area contributed by atoms with Gasteiger partial charge < -0.3 is 23.7 Å². The minimum atomic E-state index is -0.691. The van der Waals surface area contributed by atoms with Crippen molar-refractivity contribution in [2.45, 2.75) is 31.9 Å². The molecule has 3 aromatic carbocycles. The van der Waals surface area contributed by atoms with E-state index in [-0.39, 0.29) is 12.0 Å². The van der Waals surface area contributed by atoms with Gasteiger partial charge in [0.25, 0.3) is 0 Å². The lowest BCUT2D eigenvalue weighted by atomic mass is 9.77. The van der Waals surface area contributed by atoms with Crippen molar-refractivity contribution < 1.29 is 19.0 Å². The van der Waals surface area contributed by atoms with Gasteiger partial charge >= 0.3 is 6.16 Å². The van der Waals surface area contributed by atoms with Crippen molar-refractivity contribution in [2.24, 2.45) is 7.05 Å². The van der Waals surface area contributed by atoms with E-state index < -0.39 is 11.9 Å². The van der Waals surface area contributed by atoms with Gasteiger partial charge in [0.2, 0.25) is 0 Å². The first-order valence-corrected chi connectivity index (χ1v) is 12.4. The molecule has 2 aliphatic rings. The van der Waals surface area contributed by atoms with Crippen molar-refractivity contribution in [3.63, 3.8) is 0 Å². The lowest BCUT2D eigenvalue weighted by Crippen LogP contribution is -2.51. The van der Waals surface area contributed by atoms with Crippen LogP contribution in [0.3, 0.4) is 0 Å². The number of rotatable bonds is 4. The highest BCUT2D eigenvalue weighted by Crippen LogP contribution is 2.55. The second kappa shape index (κ2) is 8.14. The highest BCUT2D eigenvalue weighted by Gasteiger charge is 2.59. The van der Waals surface area contributed by atoms with Gasteiger partial charge in [0.15, 0.2) is 5.72 Å². The van der Waals surface area contributed by atoms with Gasteiger partial charge in [-0.1, -0.05) is 44.2 Å². The molecule has 0 aliphatic carbocycles. The minimum absolute atomic E-state index is 0.273. The van der Waals surface area contributed by atoms with E-state index in [1.165, 1.54) is 21.8 Å². The highest BCUT2D eigenvalue weighted by atomic mass is 16.7. The molecule has 0 bridgehead atoms. The Morgan fingerprint density at radius 1 is 1.06 bits per heavy atom. The van der Waals surface area contributed by atoms with E-state index in [0.29, 0.717) is 12.4 Å². The van der Waals surface area contributed by atoms with Crippen molar-refractivity contribution in [3.05, 3.63) is 77.9 Å². The van der Waals surface area contributed by atoms with Crippen molar-refractivity contribution in [2.75, 3.05) is 24.7 Å². The Labute approximate surface area is 210 Å². The maximum absolute atomic E-state index is 11.9. The first-order chi connectivity index (χ1) is 17.4. The largest absolute Gasteiger partial charge is 0.513 e. The summed E-state index contributed by atoms with van der Waals surface area (Å²) in [5.74, 6) is 0.474. The van der Waals surface area contributed by atoms with E-state index in [9.17, 15) is 4.79 Å². The van der Waals surface area contributed by atoms with Crippen molar-refractivity contribution in [3.8, 4) is 5.75 Å². The van der Waals surface area contributed by atoms with E-state index in [1.807, 2.05) is 18.2 Å². The van der Waals surface area contributed by atoms with Gasteiger partial charge in [0.1, 0.15) is 5.75 Å². The smallest absolute Gasteiger partial charge is 0.434 e. The number of para-hydroxylation sites is 1. The fraction of sp³-hybridized carbons (Fsp3) is 0.300. The molecule has 4 aromatic rings. The third-order valence-electron chi connectivity index (χ3n) is 7.77. The topological polar surface area (TPSA) is 52.9 Å². The second-order valence-corrected chi connectivity index (χ2v) is 9.97. The fourth-order valence-corrected chi connectivity index (χ4v) is 5.95. The molecule has 1 atom stereocenters. The minimum Gasteiger partial charge on any atom is -0.434 e. The summed E-state index contributed by atoms with van der Waals surface area (Å²) < 4.78 is 19.1. The Hall–Kier alpha value is -3.77. The summed E-state index contributed by atoms with van der Waals surface area (Å²) in [6, 6.07) is 20.9. The van der Waals surface area contributed by atoms with E-state index in [0.717, 1.165) is 23.4 Å². The molecule has 0 radical (unpaired) electrons. The first kappa shape index (κ1) is 22.7. The average molecular weight is 483 g/mol. The van der Waals surface area contributed by atoms with Crippen LogP contribution in [0.1, 0.15) is 31.9 Å².